The second-order valence-corrected chi connectivity index (χ2v) is 9.77. The molecule has 1 aromatic rings. The Morgan fingerprint density at radius 1 is 0.815 bits per heavy atom. The van der Waals surface area contributed by atoms with Crippen LogP contribution in [0.25, 0.3) is 0 Å². The molecule has 0 amide bonds. The smallest absolute Gasteiger partial charge is 0.210 e. The van der Waals surface area contributed by atoms with Gasteiger partial charge in [0.05, 0.1) is 11.5 Å². The van der Waals surface area contributed by atoms with E-state index in [1.165, 1.54) is 32.1 Å². The molecule has 0 N–H and O–H groups in total. The van der Waals surface area contributed by atoms with Gasteiger partial charge in [0, 0.05) is 24.7 Å². The van der Waals surface area contributed by atoms with Gasteiger partial charge >= 0.3 is 0 Å². The summed E-state index contributed by atoms with van der Waals surface area (Å²) in [6, 6.07) is 12.8. The first-order valence-corrected chi connectivity index (χ1v) is 10.7. The van der Waals surface area contributed by atoms with E-state index in [0.29, 0.717) is 11.8 Å². The zero-order chi connectivity index (χ0) is 18.1. The van der Waals surface area contributed by atoms with Crippen LogP contribution in [0.5, 0.6) is 0 Å². The highest BCUT2D eigenvalue weighted by molar-refractivity contribution is 5.33. The van der Waals surface area contributed by atoms with Crippen molar-refractivity contribution in [1.82, 2.24) is 0 Å². The van der Waals surface area contributed by atoms with Gasteiger partial charge in [-0.25, -0.2) is 0 Å². The molecule has 4 nitrogen and oxygen atoms in total. The van der Waals surface area contributed by atoms with Crippen LogP contribution in [0, 0.1) is 35.0 Å². The van der Waals surface area contributed by atoms with E-state index in [9.17, 15) is 5.26 Å². The average Bonchev–Trinajstić information content (AvgIpc) is 3.08. The minimum Gasteiger partial charge on any atom is -0.312 e. The van der Waals surface area contributed by atoms with Crippen LogP contribution >= 0.6 is 0 Å². The van der Waals surface area contributed by atoms with E-state index in [-0.39, 0.29) is 0 Å². The normalized spacial score (nSPS) is 50.3. The molecule has 27 heavy (non-hydrogen) atoms. The van der Waals surface area contributed by atoms with Crippen molar-refractivity contribution >= 4 is 0 Å². The summed E-state index contributed by atoms with van der Waals surface area (Å²) in [5, 5.41) is 9.97. The Hall–Kier alpha value is -1.41. The number of ether oxygens (including phenoxy) is 1. The molecule has 1 heterocycles. The van der Waals surface area contributed by atoms with Crippen molar-refractivity contribution in [2.24, 2.45) is 23.7 Å². The Bertz CT molecular complexity index is 747. The fourth-order valence-electron chi connectivity index (χ4n) is 7.07. The lowest BCUT2D eigenvalue weighted by molar-refractivity contribution is -0.390. The SMILES string of the molecule is N#CC1(c2ccccc2)CCC2(CC1)OOC1(O2)C2CC3CC(C2)CC1C3. The summed E-state index contributed by atoms with van der Waals surface area (Å²) < 4.78 is 6.77. The Morgan fingerprint density at radius 2 is 1.44 bits per heavy atom. The topological polar surface area (TPSA) is 51.5 Å². The first-order chi connectivity index (χ1) is 13.2. The van der Waals surface area contributed by atoms with Crippen LogP contribution in [-0.2, 0) is 19.9 Å². The molecule has 1 saturated heterocycles. The Balaban J connectivity index is 1.24. The van der Waals surface area contributed by atoms with Gasteiger partial charge in [-0.1, -0.05) is 30.3 Å². The first-order valence-electron chi connectivity index (χ1n) is 10.7. The lowest BCUT2D eigenvalue weighted by Gasteiger charge is -2.57. The maximum absolute atomic E-state index is 9.97. The van der Waals surface area contributed by atoms with Crippen LogP contribution in [0.2, 0.25) is 0 Å². The van der Waals surface area contributed by atoms with Crippen molar-refractivity contribution in [2.75, 3.05) is 0 Å². The molecule has 142 valence electrons. The third-order valence-electron chi connectivity index (χ3n) is 8.35. The standard InChI is InChI=1S/C23H27NO3/c24-15-21(18-4-2-1-3-5-18)6-8-22(9-7-21)25-23(27-26-22)19-11-16-10-17(13-19)14-20(23)12-16/h1-5,16-17,19-20H,6-14H2. The number of nitrogens with zero attached hydrogens (tertiary/aromatic N) is 1. The minimum atomic E-state index is -0.648. The van der Waals surface area contributed by atoms with Crippen molar-refractivity contribution in [2.45, 2.75) is 74.8 Å². The molecule has 1 aliphatic heterocycles. The highest BCUT2D eigenvalue weighted by Crippen LogP contribution is 2.64. The van der Waals surface area contributed by atoms with Gasteiger partial charge in [-0.15, -0.1) is 0 Å². The van der Waals surface area contributed by atoms with Gasteiger partial charge in [0.2, 0.25) is 11.6 Å². The van der Waals surface area contributed by atoms with Gasteiger partial charge in [0.1, 0.15) is 0 Å². The van der Waals surface area contributed by atoms with Crippen molar-refractivity contribution in [1.29, 1.82) is 5.26 Å². The third kappa shape index (κ3) is 2.26. The molecule has 0 radical (unpaired) electrons. The van der Waals surface area contributed by atoms with Crippen molar-refractivity contribution < 1.29 is 14.5 Å². The van der Waals surface area contributed by atoms with E-state index in [1.54, 1.807) is 0 Å². The highest BCUT2D eigenvalue weighted by Gasteiger charge is 2.67. The molecular formula is C23H27NO3. The van der Waals surface area contributed by atoms with E-state index >= 15 is 0 Å². The average molecular weight is 365 g/mol. The maximum atomic E-state index is 9.97. The van der Waals surface area contributed by atoms with Gasteiger partial charge in [0.25, 0.3) is 0 Å². The number of benzene rings is 1. The largest absolute Gasteiger partial charge is 0.312 e. The summed E-state index contributed by atoms with van der Waals surface area (Å²) in [5.41, 5.74) is 0.685. The predicted molar refractivity (Wildman–Crippen MR) is 98.0 cm³/mol. The Morgan fingerprint density at radius 3 is 2.04 bits per heavy atom. The second-order valence-electron chi connectivity index (χ2n) is 9.77. The third-order valence-corrected chi connectivity index (χ3v) is 8.35. The van der Waals surface area contributed by atoms with E-state index in [0.717, 1.165) is 43.1 Å². The van der Waals surface area contributed by atoms with Crippen molar-refractivity contribution in [3.05, 3.63) is 35.9 Å². The van der Waals surface area contributed by atoms with Crippen molar-refractivity contribution in [3.8, 4) is 6.07 Å². The van der Waals surface area contributed by atoms with Crippen molar-refractivity contribution in [3.63, 3.8) is 0 Å². The zero-order valence-corrected chi connectivity index (χ0v) is 15.7. The molecule has 0 unspecified atom stereocenters. The van der Waals surface area contributed by atoms with Gasteiger partial charge in [-0.3, -0.25) is 0 Å². The van der Waals surface area contributed by atoms with E-state index in [4.69, 9.17) is 14.5 Å². The molecule has 6 aliphatic rings. The van der Waals surface area contributed by atoms with Crippen LogP contribution < -0.4 is 0 Å². The fourth-order valence-corrected chi connectivity index (χ4v) is 7.07. The lowest BCUT2D eigenvalue weighted by Crippen LogP contribution is -2.59. The Labute approximate surface area is 160 Å². The molecule has 4 heteroatoms. The monoisotopic (exact) mass is 365 g/mol. The number of rotatable bonds is 1. The Kier molecular flexibility index (Phi) is 3.41. The van der Waals surface area contributed by atoms with Gasteiger partial charge in [-0.2, -0.15) is 15.0 Å². The van der Waals surface area contributed by atoms with Crippen LogP contribution in [0.3, 0.4) is 0 Å². The van der Waals surface area contributed by atoms with Crippen LogP contribution in [0.15, 0.2) is 30.3 Å². The maximum Gasteiger partial charge on any atom is 0.210 e. The summed E-state index contributed by atoms with van der Waals surface area (Å²) in [6.45, 7) is 0. The summed E-state index contributed by atoms with van der Waals surface area (Å²) in [6.07, 6.45) is 9.32. The number of hydrogen-bond donors (Lipinski definition) is 0. The minimum absolute atomic E-state index is 0.432. The summed E-state index contributed by atoms with van der Waals surface area (Å²) in [5.74, 6) is 1.57. The highest BCUT2D eigenvalue weighted by atomic mass is 17.3. The summed E-state index contributed by atoms with van der Waals surface area (Å²) in [7, 11) is 0. The number of hydrogen-bond acceptors (Lipinski definition) is 4. The van der Waals surface area contributed by atoms with Gasteiger partial charge in [-0.05, 0) is 62.3 Å². The fraction of sp³-hybridized carbons (Fsp3) is 0.696. The molecule has 6 fully saturated rings. The second kappa shape index (κ2) is 5.56. The summed E-state index contributed by atoms with van der Waals surface area (Å²) >= 11 is 0. The molecule has 5 saturated carbocycles. The van der Waals surface area contributed by atoms with E-state index in [1.807, 2.05) is 18.2 Å². The molecule has 2 spiro atoms. The van der Waals surface area contributed by atoms with Gasteiger partial charge in [0.15, 0.2) is 0 Å². The van der Waals surface area contributed by atoms with Gasteiger partial charge < -0.3 is 4.74 Å². The van der Waals surface area contributed by atoms with Crippen LogP contribution in [0.4, 0.5) is 0 Å². The quantitative estimate of drug-likeness (QED) is 0.668. The van der Waals surface area contributed by atoms with E-state index in [2.05, 4.69) is 18.2 Å². The van der Waals surface area contributed by atoms with E-state index < -0.39 is 17.0 Å². The first kappa shape index (κ1) is 16.5. The molecular weight excluding hydrogens is 338 g/mol. The predicted octanol–water partition coefficient (Wildman–Crippen LogP) is 4.85. The molecule has 5 aliphatic carbocycles. The molecule has 4 bridgehead atoms. The molecule has 7 rings (SSSR count). The lowest BCUT2D eigenvalue weighted by atomic mass is 9.53. The molecule has 0 atom stereocenters. The van der Waals surface area contributed by atoms with Crippen LogP contribution in [0.1, 0.15) is 63.4 Å². The zero-order valence-electron chi connectivity index (χ0n) is 15.7. The molecule has 1 aromatic carbocycles. The van der Waals surface area contributed by atoms with Crippen LogP contribution in [-0.4, -0.2) is 11.6 Å². The molecule has 0 aromatic heterocycles. The summed E-state index contributed by atoms with van der Waals surface area (Å²) in [4.78, 5) is 12.1. The number of nitriles is 1.